The summed E-state index contributed by atoms with van der Waals surface area (Å²) in [5, 5.41) is 12.9. The van der Waals surface area contributed by atoms with Gasteiger partial charge in [0.1, 0.15) is 11.6 Å². The normalized spacial score (nSPS) is 11.1. The van der Waals surface area contributed by atoms with Gasteiger partial charge in [0.2, 0.25) is 5.91 Å². The fraction of sp³-hybridized carbons (Fsp3) is 0.190. The average molecular weight is 409 g/mol. The van der Waals surface area contributed by atoms with E-state index in [2.05, 4.69) is 38.3 Å². The molecule has 0 saturated heterocycles. The molecule has 2 aromatic heterocycles. The average Bonchev–Trinajstić information content (AvgIpc) is 3.25. The maximum absolute atomic E-state index is 13.2. The highest BCUT2D eigenvalue weighted by molar-refractivity contribution is 7.99. The van der Waals surface area contributed by atoms with Crippen molar-refractivity contribution < 1.29 is 9.18 Å². The highest BCUT2D eigenvalue weighted by Crippen LogP contribution is 2.22. The molecule has 0 unspecified atom stereocenters. The Balaban J connectivity index is 1.40. The van der Waals surface area contributed by atoms with Gasteiger partial charge >= 0.3 is 0 Å². The number of amides is 1. The number of para-hydroxylation sites is 1. The summed E-state index contributed by atoms with van der Waals surface area (Å²) < 4.78 is 17.1. The molecule has 6 nitrogen and oxygen atoms in total. The molecule has 0 bridgehead atoms. The number of carbonyl (C=O) groups excluding carboxylic acids is 1. The first-order valence-corrected chi connectivity index (χ1v) is 10.1. The highest BCUT2D eigenvalue weighted by atomic mass is 32.2. The molecule has 4 rings (SSSR count). The lowest BCUT2D eigenvalue weighted by molar-refractivity contribution is -0.118. The van der Waals surface area contributed by atoms with Gasteiger partial charge in [-0.15, -0.1) is 10.2 Å². The van der Waals surface area contributed by atoms with Gasteiger partial charge in [-0.25, -0.2) is 4.39 Å². The van der Waals surface area contributed by atoms with Crippen molar-refractivity contribution in [1.29, 1.82) is 0 Å². The smallest absolute Gasteiger partial charge is 0.230 e. The van der Waals surface area contributed by atoms with E-state index < -0.39 is 0 Å². The number of carbonyl (C=O) groups is 1. The Morgan fingerprint density at radius 3 is 2.66 bits per heavy atom. The van der Waals surface area contributed by atoms with E-state index in [9.17, 15) is 9.18 Å². The van der Waals surface area contributed by atoms with Gasteiger partial charge in [0.25, 0.3) is 0 Å². The summed E-state index contributed by atoms with van der Waals surface area (Å²) in [5.41, 5.74) is 2.93. The molecule has 2 heterocycles. The predicted molar refractivity (Wildman–Crippen MR) is 112 cm³/mol. The van der Waals surface area contributed by atoms with E-state index in [-0.39, 0.29) is 17.5 Å². The molecular formula is C21H20FN5OS. The molecule has 0 aliphatic heterocycles. The SMILES string of the molecule is Cc1nnc(SCC(=O)NCc2cc3ccccc3n2C)n1-c1ccc(F)cc1. The lowest BCUT2D eigenvalue weighted by atomic mass is 10.2. The van der Waals surface area contributed by atoms with Gasteiger partial charge in [-0.1, -0.05) is 30.0 Å². The number of aryl methyl sites for hydroxylation is 2. The molecule has 2 aromatic carbocycles. The van der Waals surface area contributed by atoms with E-state index in [0.29, 0.717) is 17.5 Å². The first-order valence-electron chi connectivity index (χ1n) is 9.14. The minimum Gasteiger partial charge on any atom is -0.350 e. The van der Waals surface area contributed by atoms with Crippen molar-refractivity contribution in [3.63, 3.8) is 0 Å². The third kappa shape index (κ3) is 4.02. The number of rotatable bonds is 6. The maximum atomic E-state index is 13.2. The molecule has 0 saturated carbocycles. The van der Waals surface area contributed by atoms with Crippen LogP contribution in [0.5, 0.6) is 0 Å². The molecule has 0 atom stereocenters. The zero-order valence-corrected chi connectivity index (χ0v) is 16.9. The van der Waals surface area contributed by atoms with Crippen molar-refractivity contribution in [1.82, 2.24) is 24.6 Å². The standard InChI is InChI=1S/C21H20FN5OS/c1-14-24-25-21(27(14)17-9-7-16(22)8-10-17)29-13-20(28)23-12-18-11-15-5-3-4-6-19(15)26(18)2/h3-11H,12-13H2,1-2H3,(H,23,28). The first kappa shape index (κ1) is 19.2. The van der Waals surface area contributed by atoms with E-state index in [4.69, 9.17) is 0 Å². The zero-order chi connectivity index (χ0) is 20.4. The van der Waals surface area contributed by atoms with Gasteiger partial charge in [-0.05, 0) is 48.7 Å². The van der Waals surface area contributed by atoms with Crippen molar-refractivity contribution in [3.05, 3.63) is 71.9 Å². The van der Waals surface area contributed by atoms with E-state index in [0.717, 1.165) is 22.3 Å². The lowest BCUT2D eigenvalue weighted by Gasteiger charge is -2.09. The van der Waals surface area contributed by atoms with E-state index >= 15 is 0 Å². The Morgan fingerprint density at radius 2 is 1.90 bits per heavy atom. The van der Waals surface area contributed by atoms with Crippen LogP contribution in [0.3, 0.4) is 0 Å². The monoisotopic (exact) mass is 409 g/mol. The molecule has 0 fully saturated rings. The second-order valence-electron chi connectivity index (χ2n) is 6.66. The molecule has 29 heavy (non-hydrogen) atoms. The van der Waals surface area contributed by atoms with Gasteiger partial charge in [0.05, 0.1) is 12.3 Å². The number of halogens is 1. The number of hydrogen-bond acceptors (Lipinski definition) is 4. The Hall–Kier alpha value is -3.13. The van der Waals surface area contributed by atoms with Crippen molar-refractivity contribution >= 4 is 28.6 Å². The fourth-order valence-electron chi connectivity index (χ4n) is 3.21. The third-order valence-corrected chi connectivity index (χ3v) is 5.66. The maximum Gasteiger partial charge on any atom is 0.230 e. The second-order valence-corrected chi connectivity index (χ2v) is 7.60. The quantitative estimate of drug-likeness (QED) is 0.494. The summed E-state index contributed by atoms with van der Waals surface area (Å²) in [4.78, 5) is 12.4. The van der Waals surface area contributed by atoms with Gasteiger partial charge in [0.15, 0.2) is 5.16 Å². The largest absolute Gasteiger partial charge is 0.350 e. The summed E-state index contributed by atoms with van der Waals surface area (Å²) in [7, 11) is 1.99. The van der Waals surface area contributed by atoms with Crippen LogP contribution < -0.4 is 5.32 Å². The van der Waals surface area contributed by atoms with E-state index in [1.165, 1.54) is 23.9 Å². The van der Waals surface area contributed by atoms with Crippen molar-refractivity contribution in [2.45, 2.75) is 18.6 Å². The van der Waals surface area contributed by atoms with Crippen LogP contribution in [0.1, 0.15) is 11.5 Å². The molecule has 148 valence electrons. The van der Waals surface area contributed by atoms with Crippen LogP contribution in [0.4, 0.5) is 4.39 Å². The topological polar surface area (TPSA) is 64.7 Å². The number of thioether (sulfide) groups is 1. The molecule has 0 aliphatic rings. The summed E-state index contributed by atoms with van der Waals surface area (Å²) in [6, 6.07) is 16.3. The molecular weight excluding hydrogens is 389 g/mol. The molecule has 1 amide bonds. The van der Waals surface area contributed by atoms with Crippen molar-refractivity contribution in [2.24, 2.45) is 7.05 Å². The van der Waals surface area contributed by atoms with Crippen molar-refractivity contribution in [3.8, 4) is 5.69 Å². The van der Waals surface area contributed by atoms with Crippen LogP contribution in [-0.4, -0.2) is 31.0 Å². The highest BCUT2D eigenvalue weighted by Gasteiger charge is 2.14. The molecule has 4 aromatic rings. The molecule has 0 spiro atoms. The van der Waals surface area contributed by atoms with Crippen LogP contribution in [0.2, 0.25) is 0 Å². The Kier molecular flexibility index (Phi) is 5.35. The minimum atomic E-state index is -0.304. The van der Waals surface area contributed by atoms with Crippen LogP contribution in [0, 0.1) is 12.7 Å². The van der Waals surface area contributed by atoms with Crippen LogP contribution in [-0.2, 0) is 18.4 Å². The number of nitrogens with zero attached hydrogens (tertiary/aromatic N) is 4. The second kappa shape index (κ2) is 8.08. The van der Waals surface area contributed by atoms with E-state index in [1.54, 1.807) is 16.7 Å². The predicted octanol–water partition coefficient (Wildman–Crippen LogP) is 3.62. The summed E-state index contributed by atoms with van der Waals surface area (Å²) in [5.74, 6) is 0.492. The van der Waals surface area contributed by atoms with Crippen LogP contribution in [0.25, 0.3) is 16.6 Å². The van der Waals surface area contributed by atoms with Gasteiger partial charge in [-0.2, -0.15) is 0 Å². The molecule has 8 heteroatoms. The van der Waals surface area contributed by atoms with Crippen molar-refractivity contribution in [2.75, 3.05) is 5.75 Å². The van der Waals surface area contributed by atoms with Gasteiger partial charge in [0, 0.05) is 23.9 Å². The van der Waals surface area contributed by atoms with Crippen LogP contribution >= 0.6 is 11.8 Å². The molecule has 0 aliphatic carbocycles. The number of nitrogens with one attached hydrogen (secondary N) is 1. The van der Waals surface area contributed by atoms with Gasteiger partial charge in [-0.3, -0.25) is 9.36 Å². The Labute approximate surface area is 171 Å². The van der Waals surface area contributed by atoms with Gasteiger partial charge < -0.3 is 9.88 Å². The third-order valence-electron chi connectivity index (χ3n) is 4.73. The lowest BCUT2D eigenvalue weighted by Crippen LogP contribution is -2.25. The Morgan fingerprint density at radius 1 is 1.14 bits per heavy atom. The van der Waals surface area contributed by atoms with Crippen LogP contribution in [0.15, 0.2) is 59.8 Å². The molecule has 1 N–H and O–H groups in total. The zero-order valence-electron chi connectivity index (χ0n) is 16.1. The minimum absolute atomic E-state index is 0.0911. The number of aromatic nitrogens is 4. The Bertz CT molecular complexity index is 1170. The fourth-order valence-corrected chi connectivity index (χ4v) is 4.04. The number of hydrogen-bond donors (Lipinski definition) is 1. The summed E-state index contributed by atoms with van der Waals surface area (Å²) >= 11 is 1.30. The summed E-state index contributed by atoms with van der Waals surface area (Å²) in [6.45, 7) is 2.27. The van der Waals surface area contributed by atoms with E-state index in [1.807, 2.05) is 26.1 Å². The number of fused-ring (bicyclic) bond motifs is 1. The number of benzene rings is 2. The summed E-state index contributed by atoms with van der Waals surface area (Å²) in [6.07, 6.45) is 0. The molecule has 0 radical (unpaired) electrons. The first-order chi connectivity index (χ1) is 14.0.